The quantitative estimate of drug-likeness (QED) is 0.851. The summed E-state index contributed by atoms with van der Waals surface area (Å²) in [6.07, 6.45) is 2.06. The Morgan fingerprint density at radius 2 is 2.27 bits per heavy atom. The van der Waals surface area contributed by atoms with Gasteiger partial charge in [-0.2, -0.15) is 0 Å². The van der Waals surface area contributed by atoms with Crippen LogP contribution in [0.1, 0.15) is 12.8 Å². The molecule has 2 rings (SSSR count). The second kappa shape index (κ2) is 4.49. The molecule has 0 aliphatic carbocycles. The van der Waals surface area contributed by atoms with Gasteiger partial charge in [-0.15, -0.1) is 0 Å². The molecule has 82 valence electrons. The van der Waals surface area contributed by atoms with E-state index in [4.69, 9.17) is 5.73 Å². The summed E-state index contributed by atoms with van der Waals surface area (Å²) >= 11 is 3.38. The van der Waals surface area contributed by atoms with Crippen LogP contribution in [0.2, 0.25) is 0 Å². The zero-order valence-electron chi connectivity index (χ0n) is 8.42. The maximum absolute atomic E-state index is 13.6. The number of rotatable bonds is 1. The lowest BCUT2D eigenvalue weighted by Gasteiger charge is -2.33. The van der Waals surface area contributed by atoms with E-state index in [1.54, 1.807) is 6.07 Å². The summed E-state index contributed by atoms with van der Waals surface area (Å²) in [5.74, 6) is -0.182. The maximum Gasteiger partial charge on any atom is 0.147 e. The first-order valence-corrected chi connectivity index (χ1v) is 5.92. The molecule has 1 aliphatic heterocycles. The summed E-state index contributed by atoms with van der Waals surface area (Å²) in [4.78, 5) is 2.02. The zero-order valence-corrected chi connectivity index (χ0v) is 10.0. The van der Waals surface area contributed by atoms with Crippen molar-refractivity contribution < 1.29 is 4.39 Å². The zero-order chi connectivity index (χ0) is 10.8. The molecular formula is C11H14BrFN2. The van der Waals surface area contributed by atoms with Crippen LogP contribution in [0.5, 0.6) is 0 Å². The van der Waals surface area contributed by atoms with Crippen LogP contribution in [0.15, 0.2) is 22.7 Å². The third-order valence-corrected chi connectivity index (χ3v) is 3.35. The molecule has 0 radical (unpaired) electrons. The maximum atomic E-state index is 13.6. The number of halogens is 2. The van der Waals surface area contributed by atoms with Gasteiger partial charge < -0.3 is 10.6 Å². The fourth-order valence-electron chi connectivity index (χ4n) is 2.00. The summed E-state index contributed by atoms with van der Waals surface area (Å²) in [5.41, 5.74) is 6.53. The first kappa shape index (κ1) is 10.9. The van der Waals surface area contributed by atoms with E-state index < -0.39 is 0 Å². The van der Waals surface area contributed by atoms with E-state index in [0.717, 1.165) is 30.4 Å². The third-order valence-electron chi connectivity index (χ3n) is 2.71. The minimum Gasteiger partial charge on any atom is -0.367 e. The molecule has 1 atom stereocenters. The number of hydrogen-bond acceptors (Lipinski definition) is 2. The third kappa shape index (κ3) is 2.32. The number of hydrogen-bond donors (Lipinski definition) is 1. The van der Waals surface area contributed by atoms with Gasteiger partial charge in [0.15, 0.2) is 0 Å². The highest BCUT2D eigenvalue weighted by atomic mass is 79.9. The van der Waals surface area contributed by atoms with Crippen molar-refractivity contribution in [2.24, 2.45) is 5.73 Å². The van der Waals surface area contributed by atoms with E-state index >= 15 is 0 Å². The summed E-state index contributed by atoms with van der Waals surface area (Å²) in [7, 11) is 0. The van der Waals surface area contributed by atoms with E-state index in [1.807, 2.05) is 11.0 Å². The van der Waals surface area contributed by atoms with E-state index in [9.17, 15) is 4.39 Å². The molecule has 1 heterocycles. The molecule has 1 saturated heterocycles. The highest BCUT2D eigenvalue weighted by Crippen LogP contribution is 2.30. The molecule has 0 aromatic heterocycles. The van der Waals surface area contributed by atoms with Gasteiger partial charge >= 0.3 is 0 Å². The second-order valence-corrected chi connectivity index (χ2v) is 4.77. The molecule has 1 fully saturated rings. The van der Waals surface area contributed by atoms with Gasteiger partial charge in [-0.3, -0.25) is 0 Å². The van der Waals surface area contributed by atoms with Crippen molar-refractivity contribution in [3.05, 3.63) is 28.5 Å². The monoisotopic (exact) mass is 272 g/mol. The van der Waals surface area contributed by atoms with Crippen molar-refractivity contribution in [2.45, 2.75) is 18.9 Å². The SMILES string of the molecule is NC1CCCN(c2c(F)cccc2Br)C1. The molecule has 15 heavy (non-hydrogen) atoms. The molecule has 0 spiro atoms. The Morgan fingerprint density at radius 3 is 2.93 bits per heavy atom. The Balaban J connectivity index is 2.28. The highest BCUT2D eigenvalue weighted by molar-refractivity contribution is 9.10. The Kier molecular flexibility index (Phi) is 3.26. The van der Waals surface area contributed by atoms with Crippen LogP contribution in [-0.2, 0) is 0 Å². The van der Waals surface area contributed by atoms with Crippen LogP contribution in [0.3, 0.4) is 0 Å². The van der Waals surface area contributed by atoms with Crippen molar-refractivity contribution in [3.63, 3.8) is 0 Å². The molecule has 1 aromatic rings. The van der Waals surface area contributed by atoms with E-state index in [1.165, 1.54) is 6.07 Å². The van der Waals surface area contributed by atoms with Crippen molar-refractivity contribution in [2.75, 3.05) is 18.0 Å². The lowest BCUT2D eigenvalue weighted by Crippen LogP contribution is -2.43. The Labute approximate surface area is 97.4 Å². The number of nitrogens with zero attached hydrogens (tertiary/aromatic N) is 1. The predicted octanol–water partition coefficient (Wildman–Crippen LogP) is 2.52. The van der Waals surface area contributed by atoms with Gasteiger partial charge in [0.25, 0.3) is 0 Å². The molecule has 1 aromatic carbocycles. The van der Waals surface area contributed by atoms with Crippen LogP contribution in [0, 0.1) is 5.82 Å². The second-order valence-electron chi connectivity index (χ2n) is 3.92. The number of anilines is 1. The average Bonchev–Trinajstić information content (AvgIpc) is 2.17. The van der Waals surface area contributed by atoms with Crippen LogP contribution < -0.4 is 10.6 Å². The van der Waals surface area contributed by atoms with Gasteiger partial charge in [0.2, 0.25) is 0 Å². The first-order valence-electron chi connectivity index (χ1n) is 5.13. The van der Waals surface area contributed by atoms with E-state index in [-0.39, 0.29) is 11.9 Å². The molecule has 4 heteroatoms. The molecule has 0 saturated carbocycles. The van der Waals surface area contributed by atoms with Gasteiger partial charge in [-0.05, 0) is 40.9 Å². The van der Waals surface area contributed by atoms with Crippen molar-refractivity contribution >= 4 is 21.6 Å². The predicted molar refractivity (Wildman–Crippen MR) is 63.5 cm³/mol. The number of para-hydroxylation sites is 1. The molecule has 1 unspecified atom stereocenters. The first-order chi connectivity index (χ1) is 7.18. The largest absolute Gasteiger partial charge is 0.367 e. The minimum absolute atomic E-state index is 0.158. The normalized spacial score (nSPS) is 21.8. The Hall–Kier alpha value is -0.610. The van der Waals surface area contributed by atoms with Gasteiger partial charge in [-0.1, -0.05) is 6.07 Å². The molecule has 1 aliphatic rings. The lowest BCUT2D eigenvalue weighted by molar-refractivity contribution is 0.497. The minimum atomic E-state index is -0.182. The van der Waals surface area contributed by atoms with Crippen molar-refractivity contribution in [1.82, 2.24) is 0 Å². The average molecular weight is 273 g/mol. The van der Waals surface area contributed by atoms with Crippen molar-refractivity contribution in [1.29, 1.82) is 0 Å². The van der Waals surface area contributed by atoms with Gasteiger partial charge in [0, 0.05) is 23.6 Å². The smallest absolute Gasteiger partial charge is 0.147 e. The number of nitrogens with two attached hydrogens (primary N) is 1. The van der Waals surface area contributed by atoms with Crippen LogP contribution in [0.4, 0.5) is 10.1 Å². The fourth-order valence-corrected chi connectivity index (χ4v) is 2.60. The molecule has 2 nitrogen and oxygen atoms in total. The van der Waals surface area contributed by atoms with Crippen molar-refractivity contribution in [3.8, 4) is 0 Å². The summed E-state index contributed by atoms with van der Waals surface area (Å²) in [5, 5.41) is 0. The van der Waals surface area contributed by atoms with Gasteiger partial charge in [0.1, 0.15) is 5.82 Å². The molecular weight excluding hydrogens is 259 g/mol. The van der Waals surface area contributed by atoms with Crippen LogP contribution in [0.25, 0.3) is 0 Å². The van der Waals surface area contributed by atoms with Gasteiger partial charge in [0.05, 0.1) is 5.69 Å². The molecule has 0 amide bonds. The van der Waals surface area contributed by atoms with E-state index in [0.29, 0.717) is 5.69 Å². The lowest BCUT2D eigenvalue weighted by atomic mass is 10.1. The topological polar surface area (TPSA) is 29.3 Å². The Bertz CT molecular complexity index is 336. The molecule has 2 N–H and O–H groups in total. The summed E-state index contributed by atoms with van der Waals surface area (Å²) < 4.78 is 14.5. The van der Waals surface area contributed by atoms with Crippen LogP contribution >= 0.6 is 15.9 Å². The fraction of sp³-hybridized carbons (Fsp3) is 0.455. The summed E-state index contributed by atoms with van der Waals surface area (Å²) in [6, 6.07) is 5.20. The Morgan fingerprint density at radius 1 is 1.47 bits per heavy atom. The van der Waals surface area contributed by atoms with E-state index in [2.05, 4.69) is 15.9 Å². The summed E-state index contributed by atoms with van der Waals surface area (Å²) in [6.45, 7) is 1.62. The highest BCUT2D eigenvalue weighted by Gasteiger charge is 2.21. The standard InChI is InChI=1S/C11H14BrFN2/c12-9-4-1-5-10(13)11(9)15-6-2-3-8(14)7-15/h1,4-5,8H,2-3,6-7,14H2. The number of piperidine rings is 1. The molecule has 0 bridgehead atoms. The van der Waals surface area contributed by atoms with Gasteiger partial charge in [-0.25, -0.2) is 4.39 Å². The number of benzene rings is 1. The van der Waals surface area contributed by atoms with Crippen LogP contribution in [-0.4, -0.2) is 19.1 Å².